The first-order chi connectivity index (χ1) is 8.28. The number of furan rings is 1. The van der Waals surface area contributed by atoms with Crippen LogP contribution in [0, 0.1) is 0 Å². The molecule has 6 heteroatoms. The third-order valence-electron chi connectivity index (χ3n) is 3.26. The Kier molecular flexibility index (Phi) is 3.73. The van der Waals surface area contributed by atoms with Crippen molar-refractivity contribution in [3.63, 3.8) is 0 Å². The number of halogens is 1. The van der Waals surface area contributed by atoms with Gasteiger partial charge in [-0.25, -0.2) is 0 Å². The van der Waals surface area contributed by atoms with Crippen molar-refractivity contribution in [1.29, 1.82) is 0 Å². The van der Waals surface area contributed by atoms with Crippen molar-refractivity contribution < 1.29 is 8.94 Å². The Morgan fingerprint density at radius 3 is 2.94 bits per heavy atom. The van der Waals surface area contributed by atoms with E-state index in [9.17, 15) is 0 Å². The highest BCUT2D eigenvalue weighted by molar-refractivity contribution is 5.85. The first-order valence-corrected chi connectivity index (χ1v) is 5.91. The molecule has 1 unspecified atom stereocenters. The van der Waals surface area contributed by atoms with E-state index in [2.05, 4.69) is 22.4 Å². The normalized spacial score (nSPS) is 23.6. The summed E-state index contributed by atoms with van der Waals surface area (Å²) in [4.78, 5) is 4.41. The molecule has 1 saturated heterocycles. The van der Waals surface area contributed by atoms with Crippen molar-refractivity contribution in [2.24, 2.45) is 0 Å². The molecule has 1 N–H and O–H groups in total. The van der Waals surface area contributed by atoms with Crippen molar-refractivity contribution in [3.8, 4) is 11.6 Å². The van der Waals surface area contributed by atoms with Crippen LogP contribution in [0.2, 0.25) is 0 Å². The van der Waals surface area contributed by atoms with Gasteiger partial charge in [0.2, 0.25) is 11.7 Å². The molecular formula is C12H16ClN3O2. The summed E-state index contributed by atoms with van der Waals surface area (Å²) >= 11 is 0. The van der Waals surface area contributed by atoms with Crippen molar-refractivity contribution in [2.75, 3.05) is 6.54 Å². The van der Waals surface area contributed by atoms with Gasteiger partial charge in [0, 0.05) is 0 Å². The van der Waals surface area contributed by atoms with Crippen LogP contribution in [0.25, 0.3) is 11.6 Å². The number of aromatic nitrogens is 2. The van der Waals surface area contributed by atoms with Crippen molar-refractivity contribution in [1.82, 2.24) is 15.5 Å². The third kappa shape index (κ3) is 2.28. The SMILES string of the molecule is CC1(c2nc(-c3ccco3)no2)CCCCN1.Cl. The molecule has 3 rings (SSSR count). The van der Waals surface area contributed by atoms with Gasteiger partial charge in [0.1, 0.15) is 0 Å². The molecule has 0 spiro atoms. The standard InChI is InChI=1S/C12H15N3O2.ClH/c1-12(6-2-3-7-13-12)11-14-10(15-17-11)9-5-4-8-16-9;/h4-5,8,13H,2-3,6-7H2,1H3;1H. The van der Waals surface area contributed by atoms with Crippen LogP contribution in [0.4, 0.5) is 0 Å². The Labute approximate surface area is 111 Å². The molecule has 0 aromatic carbocycles. The topological polar surface area (TPSA) is 64.1 Å². The molecule has 0 aliphatic carbocycles. The molecule has 0 bridgehead atoms. The average Bonchev–Trinajstić information content (AvgIpc) is 3.01. The van der Waals surface area contributed by atoms with E-state index in [-0.39, 0.29) is 17.9 Å². The Bertz CT molecular complexity index is 489. The zero-order valence-corrected chi connectivity index (χ0v) is 11.0. The predicted octanol–water partition coefficient (Wildman–Crippen LogP) is 2.74. The third-order valence-corrected chi connectivity index (χ3v) is 3.26. The van der Waals surface area contributed by atoms with Crippen molar-refractivity contribution in [3.05, 3.63) is 24.3 Å². The molecule has 0 saturated carbocycles. The van der Waals surface area contributed by atoms with Crippen LogP contribution < -0.4 is 5.32 Å². The van der Waals surface area contributed by atoms with Gasteiger partial charge in [-0.05, 0) is 44.9 Å². The zero-order chi connectivity index (χ0) is 11.7. The monoisotopic (exact) mass is 269 g/mol. The van der Waals surface area contributed by atoms with Crippen LogP contribution in [0.1, 0.15) is 32.1 Å². The van der Waals surface area contributed by atoms with Gasteiger partial charge in [-0.15, -0.1) is 12.4 Å². The molecule has 18 heavy (non-hydrogen) atoms. The molecule has 1 fully saturated rings. The van der Waals surface area contributed by atoms with E-state index in [0.717, 1.165) is 13.0 Å². The summed E-state index contributed by atoms with van der Waals surface area (Å²) in [5, 5.41) is 7.40. The summed E-state index contributed by atoms with van der Waals surface area (Å²) < 4.78 is 10.6. The maximum absolute atomic E-state index is 5.35. The van der Waals surface area contributed by atoms with Crippen LogP contribution in [0.15, 0.2) is 27.3 Å². The maximum Gasteiger partial charge on any atom is 0.247 e. The lowest BCUT2D eigenvalue weighted by molar-refractivity contribution is 0.207. The molecular weight excluding hydrogens is 254 g/mol. The number of nitrogens with zero attached hydrogens (tertiary/aromatic N) is 2. The summed E-state index contributed by atoms with van der Waals surface area (Å²) in [7, 11) is 0. The van der Waals surface area contributed by atoms with Gasteiger partial charge in [0.25, 0.3) is 0 Å². The quantitative estimate of drug-likeness (QED) is 0.908. The van der Waals surface area contributed by atoms with Crippen molar-refractivity contribution in [2.45, 2.75) is 31.7 Å². The lowest BCUT2D eigenvalue weighted by Crippen LogP contribution is -2.43. The van der Waals surface area contributed by atoms with E-state index in [1.165, 1.54) is 12.8 Å². The molecule has 1 atom stereocenters. The summed E-state index contributed by atoms with van der Waals surface area (Å²) in [6, 6.07) is 3.64. The number of rotatable bonds is 2. The van der Waals surface area contributed by atoms with Crippen LogP contribution >= 0.6 is 12.4 Å². The average molecular weight is 270 g/mol. The van der Waals surface area contributed by atoms with E-state index in [0.29, 0.717) is 17.5 Å². The number of piperidine rings is 1. The van der Waals surface area contributed by atoms with E-state index < -0.39 is 0 Å². The molecule has 98 valence electrons. The summed E-state index contributed by atoms with van der Waals surface area (Å²) in [5.74, 6) is 1.79. The summed E-state index contributed by atoms with van der Waals surface area (Å²) in [5.41, 5.74) is -0.198. The number of hydrogen-bond acceptors (Lipinski definition) is 5. The second kappa shape index (κ2) is 5.12. The summed E-state index contributed by atoms with van der Waals surface area (Å²) in [6.07, 6.45) is 5.01. The molecule has 2 aromatic heterocycles. The number of nitrogens with one attached hydrogen (secondary N) is 1. The second-order valence-corrected chi connectivity index (χ2v) is 4.62. The Morgan fingerprint density at radius 1 is 1.39 bits per heavy atom. The van der Waals surface area contributed by atoms with Gasteiger partial charge in [0.15, 0.2) is 5.76 Å². The van der Waals surface area contributed by atoms with Crippen molar-refractivity contribution >= 4 is 12.4 Å². The van der Waals surface area contributed by atoms with E-state index in [4.69, 9.17) is 8.94 Å². The molecule has 0 radical (unpaired) electrons. The molecule has 2 aromatic rings. The highest BCUT2D eigenvalue weighted by Crippen LogP contribution is 2.29. The fraction of sp³-hybridized carbons (Fsp3) is 0.500. The minimum absolute atomic E-state index is 0. The minimum atomic E-state index is -0.198. The lowest BCUT2D eigenvalue weighted by atomic mass is 9.91. The van der Waals surface area contributed by atoms with Crippen LogP contribution in [0.5, 0.6) is 0 Å². The molecule has 5 nitrogen and oxygen atoms in total. The van der Waals surface area contributed by atoms with E-state index in [1.54, 1.807) is 6.26 Å². The Morgan fingerprint density at radius 2 is 2.28 bits per heavy atom. The van der Waals surface area contributed by atoms with Gasteiger partial charge < -0.3 is 14.3 Å². The fourth-order valence-electron chi connectivity index (χ4n) is 2.19. The molecule has 1 aliphatic rings. The minimum Gasteiger partial charge on any atom is -0.461 e. The van der Waals surface area contributed by atoms with Gasteiger partial charge in [0.05, 0.1) is 11.8 Å². The highest BCUT2D eigenvalue weighted by Gasteiger charge is 2.34. The Balaban J connectivity index is 0.00000120. The first-order valence-electron chi connectivity index (χ1n) is 5.91. The fourth-order valence-corrected chi connectivity index (χ4v) is 2.19. The summed E-state index contributed by atoms with van der Waals surface area (Å²) in [6.45, 7) is 3.10. The smallest absolute Gasteiger partial charge is 0.247 e. The molecule has 0 amide bonds. The van der Waals surface area contributed by atoms with Crippen LogP contribution in [-0.4, -0.2) is 16.7 Å². The molecule has 1 aliphatic heterocycles. The van der Waals surface area contributed by atoms with Crippen LogP contribution in [-0.2, 0) is 5.54 Å². The predicted molar refractivity (Wildman–Crippen MR) is 68.5 cm³/mol. The number of hydrogen-bond donors (Lipinski definition) is 1. The van der Waals surface area contributed by atoms with E-state index in [1.807, 2.05) is 12.1 Å². The van der Waals surface area contributed by atoms with Gasteiger partial charge >= 0.3 is 0 Å². The zero-order valence-electron chi connectivity index (χ0n) is 10.2. The van der Waals surface area contributed by atoms with Gasteiger partial charge in [-0.2, -0.15) is 4.98 Å². The molecule has 3 heterocycles. The van der Waals surface area contributed by atoms with Gasteiger partial charge in [-0.3, -0.25) is 0 Å². The first kappa shape index (κ1) is 13.1. The second-order valence-electron chi connectivity index (χ2n) is 4.62. The maximum atomic E-state index is 5.35. The van der Waals surface area contributed by atoms with Gasteiger partial charge in [-0.1, -0.05) is 5.16 Å². The van der Waals surface area contributed by atoms with E-state index >= 15 is 0 Å². The Hall–Kier alpha value is -1.33. The largest absolute Gasteiger partial charge is 0.461 e. The lowest BCUT2D eigenvalue weighted by Gasteiger charge is -2.31. The van der Waals surface area contributed by atoms with Crippen LogP contribution in [0.3, 0.4) is 0 Å². The highest BCUT2D eigenvalue weighted by atomic mass is 35.5.